The van der Waals surface area contributed by atoms with Crippen molar-refractivity contribution < 1.29 is 29.5 Å². The molecule has 21 heteroatoms. The van der Waals surface area contributed by atoms with Crippen molar-refractivity contribution in [3.8, 4) is 71.0 Å². The zero-order chi connectivity index (χ0) is 90.5. The van der Waals surface area contributed by atoms with E-state index in [1.807, 2.05) is 6.07 Å². The van der Waals surface area contributed by atoms with Gasteiger partial charge in [-0.1, -0.05) is 271 Å². The Kier molecular flexibility index (Phi) is 32.5. The lowest BCUT2D eigenvalue weighted by Crippen LogP contribution is -2.03. The van der Waals surface area contributed by atoms with Crippen LogP contribution in [0.3, 0.4) is 0 Å². The van der Waals surface area contributed by atoms with Crippen molar-refractivity contribution in [3.63, 3.8) is 0 Å². The van der Waals surface area contributed by atoms with Crippen molar-refractivity contribution >= 4 is 99.5 Å². The van der Waals surface area contributed by atoms with Crippen LogP contribution in [0.2, 0.25) is 0 Å². The molecule has 0 aliphatic rings. The summed E-state index contributed by atoms with van der Waals surface area (Å²) in [6, 6.07) is 49.2. The molecule has 0 fully saturated rings. The molecule has 13 rings (SSSR count). The molecule has 0 saturated carbocycles. The number of aromatic nitrogens is 3. The molecular weight excluding hydrogens is 1620 g/mol. The Morgan fingerprint density at radius 1 is 0.217 bits per heavy atom. The highest BCUT2D eigenvalue weighted by atomic mass is 16.6. The van der Waals surface area contributed by atoms with Crippen molar-refractivity contribution in [2.24, 2.45) is 0 Å². The number of rotatable bonds is 39. The van der Waals surface area contributed by atoms with E-state index in [4.69, 9.17) is 0 Å². The summed E-state index contributed by atoms with van der Waals surface area (Å²) in [6.07, 6.45) is 32.4. The van der Waals surface area contributed by atoms with Crippen molar-refractivity contribution in [1.29, 1.82) is 0 Å². The summed E-state index contributed by atoms with van der Waals surface area (Å²) in [4.78, 5) is 69.9. The maximum absolute atomic E-state index is 12.2. The van der Waals surface area contributed by atoms with Crippen molar-refractivity contribution in [2.45, 2.75) is 233 Å². The smallest absolute Gasteiger partial charge is 0.269 e. The predicted octanol–water partition coefficient (Wildman–Crippen LogP) is 27.6. The van der Waals surface area contributed by atoms with Gasteiger partial charge in [-0.2, -0.15) is 0 Å². The molecule has 0 aliphatic carbocycles. The number of hydrogen-bond acceptors (Lipinski definition) is 12. The van der Waals surface area contributed by atoms with Gasteiger partial charge in [0.2, 0.25) is 0 Å². The molecule has 654 valence electrons. The Balaban J connectivity index is 1.21. The van der Waals surface area contributed by atoms with E-state index >= 15 is 0 Å². The highest BCUT2D eigenvalue weighted by molar-refractivity contribution is 6.40. The Bertz CT molecular complexity index is 6650. The topological polar surface area (TPSA) is 274 Å². The van der Waals surface area contributed by atoms with Gasteiger partial charge in [-0.25, -0.2) is 0 Å². The minimum atomic E-state index is -0.455. The van der Waals surface area contributed by atoms with Gasteiger partial charge in [0.25, 0.3) is 34.1 Å². The Morgan fingerprint density at radius 2 is 0.434 bits per heavy atom. The first-order chi connectivity index (χ1) is 62.9. The highest BCUT2D eigenvalue weighted by Crippen LogP contribution is 2.50. The Hall–Kier alpha value is -14.6. The molecule has 3 heterocycles. The van der Waals surface area contributed by atoms with E-state index in [0.29, 0.717) is 86.4 Å². The van der Waals surface area contributed by atoms with Gasteiger partial charge in [-0.3, -0.25) is 60.7 Å². The molecule has 13 aromatic rings. The SMILES string of the molecule is CCCCCCCCCCCCn1c2cc(C#Cc3ccc([N+](=O)[O-])cc3)c(C#Cc3ccc([N+](=O)[O-])cc3)cc2c2c1c1c3ccc(C#Cc4ccc([N+](=O)[O-])cc4)c(C#Cc4ccc([N+](=O)[O-])cc4)c3n(CCCCCCCCCCCC)c1c1c3cc(C#Cc4ccc([N+](=O)[O-])cc4)c(C#Cc4ccc([N+](=O)[O-])cc4)cc3n(CCCCCCCCCCCC)c21. The summed E-state index contributed by atoms with van der Waals surface area (Å²) < 4.78 is 7.39. The number of nitro groups is 6. The summed E-state index contributed by atoms with van der Waals surface area (Å²) in [7, 11) is 0. The van der Waals surface area contributed by atoms with Crippen LogP contribution in [0.4, 0.5) is 34.1 Å². The van der Waals surface area contributed by atoms with Gasteiger partial charge in [0.15, 0.2) is 0 Å². The zero-order valence-electron chi connectivity index (χ0n) is 73.6. The van der Waals surface area contributed by atoms with Crippen LogP contribution in [0.25, 0.3) is 65.4 Å². The van der Waals surface area contributed by atoms with Crippen LogP contribution in [-0.2, 0) is 19.6 Å². The average Bonchev–Trinajstić information content (AvgIpc) is 1.50. The summed E-state index contributed by atoms with van der Waals surface area (Å²) in [5, 5.41) is 77.8. The van der Waals surface area contributed by atoms with Gasteiger partial charge in [0.1, 0.15) is 0 Å². The number of fused-ring (bicyclic) bond motifs is 12. The quantitative estimate of drug-likeness (QED) is 0.0151. The molecule has 10 aromatic carbocycles. The molecule has 129 heavy (non-hydrogen) atoms. The fraction of sp³-hybridized carbons (Fsp3) is 0.333. The molecule has 3 aromatic heterocycles. The van der Waals surface area contributed by atoms with Crippen LogP contribution in [0.5, 0.6) is 0 Å². The average molecular weight is 1720 g/mol. The van der Waals surface area contributed by atoms with Crippen molar-refractivity contribution in [1.82, 2.24) is 13.7 Å². The maximum atomic E-state index is 12.2. The fourth-order valence-electron chi connectivity index (χ4n) is 17.2. The van der Waals surface area contributed by atoms with Crippen molar-refractivity contribution in [2.75, 3.05) is 0 Å². The summed E-state index contributed by atoms with van der Waals surface area (Å²) >= 11 is 0. The van der Waals surface area contributed by atoms with Crippen LogP contribution in [0.1, 0.15) is 280 Å². The second kappa shape index (κ2) is 45.5. The third-order valence-electron chi connectivity index (χ3n) is 24.1. The monoisotopic (exact) mass is 1720 g/mol. The number of nitro benzene ring substituents is 6. The Morgan fingerprint density at radius 3 is 0.698 bits per heavy atom. The molecule has 0 aliphatic heterocycles. The van der Waals surface area contributed by atoms with E-state index in [9.17, 15) is 60.7 Å². The lowest BCUT2D eigenvalue weighted by Gasteiger charge is -2.14. The normalized spacial score (nSPS) is 11.0. The molecule has 21 nitrogen and oxygen atoms in total. The molecule has 0 amide bonds. The number of hydrogen-bond donors (Lipinski definition) is 0. The van der Waals surface area contributed by atoms with Gasteiger partial charge in [0.05, 0.1) is 68.2 Å². The van der Waals surface area contributed by atoms with Gasteiger partial charge in [-0.05, 0) is 122 Å². The predicted molar refractivity (Wildman–Crippen MR) is 515 cm³/mol. The molecular formula is C108H105N9O12. The lowest BCUT2D eigenvalue weighted by molar-refractivity contribution is -0.385. The number of non-ortho nitro benzene ring substituents is 6. The van der Waals surface area contributed by atoms with E-state index in [-0.39, 0.29) is 34.1 Å². The first kappa shape index (κ1) is 92.0. The summed E-state index contributed by atoms with van der Waals surface area (Å²) in [5.74, 6) is 41.5. The fourth-order valence-corrected chi connectivity index (χ4v) is 17.2. The first-order valence-electron chi connectivity index (χ1n) is 45.6. The van der Waals surface area contributed by atoms with Crippen LogP contribution < -0.4 is 0 Å². The van der Waals surface area contributed by atoms with Crippen LogP contribution in [-0.4, -0.2) is 43.2 Å². The third kappa shape index (κ3) is 23.5. The molecule has 0 unspecified atom stereocenters. The number of benzene rings is 10. The first-order valence-corrected chi connectivity index (χ1v) is 45.6. The van der Waals surface area contributed by atoms with Gasteiger partial charge < -0.3 is 13.7 Å². The summed E-state index contributed by atoms with van der Waals surface area (Å²) in [5.41, 5.74) is 11.0. The molecule has 0 spiro atoms. The zero-order valence-corrected chi connectivity index (χ0v) is 73.6. The van der Waals surface area contributed by atoms with Crippen molar-refractivity contribution in [3.05, 3.63) is 309 Å². The van der Waals surface area contributed by atoms with Gasteiger partial charge in [-0.15, -0.1) is 0 Å². The number of unbranched alkanes of at least 4 members (excludes halogenated alkanes) is 27. The molecule has 0 atom stereocenters. The maximum Gasteiger partial charge on any atom is 0.269 e. The second-order valence-electron chi connectivity index (χ2n) is 33.2. The van der Waals surface area contributed by atoms with E-state index in [1.54, 1.807) is 72.8 Å². The second-order valence-corrected chi connectivity index (χ2v) is 33.2. The minimum Gasteiger partial charge on any atom is -0.340 e. The van der Waals surface area contributed by atoms with E-state index < -0.39 is 29.5 Å². The number of aryl methyl sites for hydroxylation is 3. The van der Waals surface area contributed by atoms with E-state index in [0.717, 1.165) is 175 Å². The number of nitrogens with zero attached hydrogens (tertiary/aromatic N) is 9. The van der Waals surface area contributed by atoms with Gasteiger partial charge in [0, 0.05) is 186 Å². The molecule has 0 bridgehead atoms. The van der Waals surface area contributed by atoms with E-state index in [2.05, 4.69) is 136 Å². The lowest BCUT2D eigenvalue weighted by atomic mass is 9.97. The summed E-state index contributed by atoms with van der Waals surface area (Å²) in [6.45, 7) is 8.25. The molecule has 0 N–H and O–H groups in total. The van der Waals surface area contributed by atoms with E-state index in [1.165, 1.54) is 156 Å². The molecule has 0 radical (unpaired) electrons. The Labute approximate surface area is 752 Å². The minimum absolute atomic E-state index is 0.0889. The standard InChI is InChI=1S/C108H105N9O12/c1-4-7-10-13-16-19-22-25-28-31-72-109-100-77-88(55-37-82-45-64-93(65-46-82)115(124)125)86(53-35-80-41-60-91(61-42-80)113(120)121)75-98(100)103-106(109)102-97-71-57-85(52-34-79-39-58-90(59-40-79)112(118)119)96(70-51-84-49-68-95(69-50-84)117(128)129)105(97)111(74-33-30-27-24-21-18-15-12-9-6-3)108(102)104-99-76-87(54-36-81-43-62-92(63-44-81)114(122)123)89(56-38-83-47-66-94(67-48-83)116(126)127)78-101(99)110(107(103)104)73-32-29-26-23-20-17-14-11-8-5-2/h39-50,57-69,71,75-78H,4-33,72-74H2,1-3H3. The van der Waals surface area contributed by atoms with Crippen LogP contribution in [0, 0.1) is 132 Å². The van der Waals surface area contributed by atoms with Crippen LogP contribution >= 0.6 is 0 Å². The third-order valence-corrected chi connectivity index (χ3v) is 24.1. The molecule has 0 saturated heterocycles. The van der Waals surface area contributed by atoms with Gasteiger partial charge >= 0.3 is 0 Å². The van der Waals surface area contributed by atoms with Crippen LogP contribution in [0.15, 0.2) is 182 Å². The highest BCUT2D eigenvalue weighted by Gasteiger charge is 2.31. The largest absolute Gasteiger partial charge is 0.340 e.